The fraction of sp³-hybridized carbons (Fsp3) is 0.500. The lowest BCUT2D eigenvalue weighted by molar-refractivity contribution is 0.0239. The van der Waals surface area contributed by atoms with E-state index < -0.39 is 21.2 Å². The molecule has 6 N–H and O–H groups in total. The third-order valence-corrected chi connectivity index (χ3v) is 4.24. The van der Waals surface area contributed by atoms with E-state index in [0.717, 1.165) is 0 Å². The molecule has 0 radical (unpaired) electrons. The van der Waals surface area contributed by atoms with Gasteiger partial charge in [0.05, 0.1) is 16.8 Å². The van der Waals surface area contributed by atoms with Gasteiger partial charge in [-0.25, -0.2) is 13.6 Å². The van der Waals surface area contributed by atoms with Crippen LogP contribution in [0.1, 0.15) is 27.7 Å². The molecule has 0 bridgehead atoms. The first-order valence-corrected chi connectivity index (χ1v) is 7.32. The Hall–Kier alpha value is -1.31. The third kappa shape index (κ3) is 3.59. The number of nitrogens with one attached hydrogen (secondary N) is 1. The van der Waals surface area contributed by atoms with Gasteiger partial charge in [0, 0.05) is 5.69 Å². The number of rotatable bonds is 4. The van der Waals surface area contributed by atoms with Crippen LogP contribution in [0.3, 0.4) is 0 Å². The molecule has 0 aliphatic carbocycles. The zero-order chi connectivity index (χ0) is 15.1. The number of sulfonamides is 1. The van der Waals surface area contributed by atoms with E-state index in [2.05, 4.69) is 5.32 Å². The number of aliphatic hydroxyl groups is 1. The second-order valence-corrected chi connectivity index (χ2v) is 7.14. The summed E-state index contributed by atoms with van der Waals surface area (Å²) in [4.78, 5) is -0.0928. The van der Waals surface area contributed by atoms with Crippen LogP contribution < -0.4 is 16.2 Å². The van der Waals surface area contributed by atoms with Gasteiger partial charge in [-0.3, -0.25) is 0 Å². The number of nitrogens with two attached hydrogens (primary N) is 2. The Bertz CT molecular complexity index is 574. The van der Waals surface area contributed by atoms with Crippen molar-refractivity contribution in [3.05, 3.63) is 18.2 Å². The molecule has 0 aliphatic rings. The maximum atomic E-state index is 11.6. The van der Waals surface area contributed by atoms with E-state index in [9.17, 15) is 13.5 Å². The number of primary sulfonamides is 1. The fourth-order valence-corrected chi connectivity index (χ4v) is 2.09. The quantitative estimate of drug-likeness (QED) is 0.613. The summed E-state index contributed by atoms with van der Waals surface area (Å²) in [6, 6.07) is 4.39. The lowest BCUT2D eigenvalue weighted by Crippen LogP contribution is -2.51. The van der Waals surface area contributed by atoms with Crippen LogP contribution in [-0.2, 0) is 10.0 Å². The molecule has 0 saturated carbocycles. The van der Waals surface area contributed by atoms with E-state index in [0.29, 0.717) is 11.4 Å². The Labute approximate surface area is 113 Å². The zero-order valence-electron chi connectivity index (χ0n) is 11.6. The van der Waals surface area contributed by atoms with Gasteiger partial charge in [-0.15, -0.1) is 0 Å². The number of anilines is 2. The summed E-state index contributed by atoms with van der Waals surface area (Å²) in [5.74, 6) is 0. The minimum absolute atomic E-state index is 0.0928. The van der Waals surface area contributed by atoms with Crippen molar-refractivity contribution < 1.29 is 13.5 Å². The van der Waals surface area contributed by atoms with Gasteiger partial charge < -0.3 is 16.2 Å². The normalized spacial score (nSPS) is 13.4. The highest BCUT2D eigenvalue weighted by molar-refractivity contribution is 7.89. The average molecular weight is 287 g/mol. The van der Waals surface area contributed by atoms with Gasteiger partial charge in [0.1, 0.15) is 4.90 Å². The van der Waals surface area contributed by atoms with Crippen molar-refractivity contribution in [2.45, 2.75) is 43.7 Å². The maximum Gasteiger partial charge on any atom is 0.240 e. The maximum absolute atomic E-state index is 11.6. The number of hydrogen-bond acceptors (Lipinski definition) is 5. The van der Waals surface area contributed by atoms with E-state index >= 15 is 0 Å². The van der Waals surface area contributed by atoms with Gasteiger partial charge in [-0.2, -0.15) is 0 Å². The molecule has 108 valence electrons. The van der Waals surface area contributed by atoms with Crippen LogP contribution in [0.5, 0.6) is 0 Å². The lowest BCUT2D eigenvalue weighted by Gasteiger charge is -2.39. The minimum Gasteiger partial charge on any atom is -0.399 e. The van der Waals surface area contributed by atoms with E-state index in [1.165, 1.54) is 12.1 Å². The van der Waals surface area contributed by atoms with Crippen molar-refractivity contribution in [2.75, 3.05) is 11.1 Å². The van der Waals surface area contributed by atoms with Crippen LogP contribution in [0.2, 0.25) is 0 Å². The first-order valence-electron chi connectivity index (χ1n) is 5.77. The van der Waals surface area contributed by atoms with Crippen molar-refractivity contribution in [3.63, 3.8) is 0 Å². The molecule has 0 spiro atoms. The standard InChI is InChI=1S/C12H21N3O3S/c1-11(2,12(3,4)16)15-9-6-5-8(13)7-10(9)19(14,17)18/h5-7,15-16H,13H2,1-4H3,(H2,14,17,18). The van der Waals surface area contributed by atoms with Crippen LogP contribution >= 0.6 is 0 Å². The molecule has 1 aromatic rings. The molecule has 1 aromatic carbocycles. The Kier molecular flexibility index (Phi) is 3.86. The van der Waals surface area contributed by atoms with Crippen LogP contribution in [0.4, 0.5) is 11.4 Å². The summed E-state index contributed by atoms with van der Waals surface area (Å²) in [6.07, 6.45) is 0. The highest BCUT2D eigenvalue weighted by Gasteiger charge is 2.35. The highest BCUT2D eigenvalue weighted by Crippen LogP contribution is 2.30. The number of nitrogen functional groups attached to an aromatic ring is 1. The first kappa shape index (κ1) is 15.7. The summed E-state index contributed by atoms with van der Waals surface area (Å²) >= 11 is 0. The minimum atomic E-state index is -3.90. The summed E-state index contributed by atoms with van der Waals surface area (Å²) < 4.78 is 23.1. The Morgan fingerprint density at radius 1 is 1.21 bits per heavy atom. The second-order valence-electron chi connectivity index (χ2n) is 5.61. The summed E-state index contributed by atoms with van der Waals surface area (Å²) in [5.41, 5.74) is 4.36. The van der Waals surface area contributed by atoms with Gasteiger partial charge in [0.15, 0.2) is 0 Å². The molecule has 1 rings (SSSR count). The van der Waals surface area contributed by atoms with E-state index in [4.69, 9.17) is 10.9 Å². The lowest BCUT2D eigenvalue weighted by atomic mass is 9.86. The third-order valence-electron chi connectivity index (χ3n) is 3.29. The summed E-state index contributed by atoms with van der Waals surface area (Å²) in [5, 5.41) is 18.3. The molecular weight excluding hydrogens is 266 g/mol. The van der Waals surface area contributed by atoms with E-state index in [1.54, 1.807) is 33.8 Å². The summed E-state index contributed by atoms with van der Waals surface area (Å²) in [7, 11) is -3.90. The monoisotopic (exact) mass is 287 g/mol. The van der Waals surface area contributed by atoms with Crippen molar-refractivity contribution in [2.24, 2.45) is 5.14 Å². The Morgan fingerprint density at radius 2 is 1.74 bits per heavy atom. The predicted molar refractivity (Wildman–Crippen MR) is 76.2 cm³/mol. The van der Waals surface area contributed by atoms with Crippen molar-refractivity contribution in [1.82, 2.24) is 0 Å². The Morgan fingerprint density at radius 3 is 2.16 bits per heavy atom. The molecule has 0 unspecified atom stereocenters. The number of hydrogen-bond donors (Lipinski definition) is 4. The van der Waals surface area contributed by atoms with Crippen LogP contribution in [0.15, 0.2) is 23.1 Å². The largest absolute Gasteiger partial charge is 0.399 e. The number of benzene rings is 1. The second kappa shape index (κ2) is 4.66. The molecule has 0 heterocycles. The predicted octanol–water partition coefficient (Wildman–Crippen LogP) is 0.878. The van der Waals surface area contributed by atoms with E-state index in [1.807, 2.05) is 0 Å². The van der Waals surface area contributed by atoms with Crippen LogP contribution in [0, 0.1) is 0 Å². The molecule has 0 fully saturated rings. The Balaban J connectivity index is 3.31. The molecule has 0 amide bonds. The molecule has 6 nitrogen and oxygen atoms in total. The van der Waals surface area contributed by atoms with Crippen LogP contribution in [-0.4, -0.2) is 24.7 Å². The van der Waals surface area contributed by atoms with Crippen LogP contribution in [0.25, 0.3) is 0 Å². The fourth-order valence-electron chi connectivity index (χ4n) is 1.37. The summed E-state index contributed by atoms with van der Waals surface area (Å²) in [6.45, 7) is 6.79. The molecule has 0 atom stereocenters. The van der Waals surface area contributed by atoms with Crippen molar-refractivity contribution in [3.8, 4) is 0 Å². The first-order chi connectivity index (χ1) is 8.34. The van der Waals surface area contributed by atoms with Gasteiger partial charge in [-0.05, 0) is 45.9 Å². The molecular formula is C12H21N3O3S. The molecule has 7 heteroatoms. The molecule has 0 saturated heterocycles. The average Bonchev–Trinajstić information content (AvgIpc) is 2.17. The molecule has 19 heavy (non-hydrogen) atoms. The smallest absolute Gasteiger partial charge is 0.240 e. The van der Waals surface area contributed by atoms with Crippen molar-refractivity contribution in [1.29, 1.82) is 0 Å². The van der Waals surface area contributed by atoms with E-state index in [-0.39, 0.29) is 4.90 Å². The van der Waals surface area contributed by atoms with Gasteiger partial charge >= 0.3 is 0 Å². The highest BCUT2D eigenvalue weighted by atomic mass is 32.2. The van der Waals surface area contributed by atoms with Crippen molar-refractivity contribution >= 4 is 21.4 Å². The zero-order valence-corrected chi connectivity index (χ0v) is 12.4. The van der Waals surface area contributed by atoms with Gasteiger partial charge in [-0.1, -0.05) is 0 Å². The SMILES string of the molecule is CC(C)(O)C(C)(C)Nc1ccc(N)cc1S(N)(=O)=O. The van der Waals surface area contributed by atoms with Gasteiger partial charge in [0.25, 0.3) is 0 Å². The van der Waals surface area contributed by atoms with Gasteiger partial charge in [0.2, 0.25) is 10.0 Å². The molecule has 0 aromatic heterocycles. The topological polar surface area (TPSA) is 118 Å². The molecule has 0 aliphatic heterocycles.